The zero-order valence-corrected chi connectivity index (χ0v) is 10.4. The molecule has 3 nitrogen and oxygen atoms in total. The molecule has 0 saturated carbocycles. The zero-order valence-electron chi connectivity index (χ0n) is 10.4. The Morgan fingerprint density at radius 1 is 1.17 bits per heavy atom. The average molecular weight is 260 g/mol. The summed E-state index contributed by atoms with van der Waals surface area (Å²) >= 11 is 0. The van der Waals surface area contributed by atoms with E-state index in [1.807, 2.05) is 6.92 Å². The molecular formula is C12H15F3N2O. The number of amides is 1. The van der Waals surface area contributed by atoms with Gasteiger partial charge in [0.05, 0.1) is 11.2 Å². The standard InChI is InChI=1S/C12H15F3N2O/c1-4-16-12(2,3)11(18)17-10-6-8(14)7(13)5-9(10)15/h5-6,16H,4H2,1-3H3,(H,17,18). The SMILES string of the molecule is CCNC(C)(C)C(=O)Nc1cc(F)c(F)cc1F. The van der Waals surface area contributed by atoms with Crippen LogP contribution in [0.5, 0.6) is 0 Å². The van der Waals surface area contributed by atoms with Crippen molar-refractivity contribution in [3.63, 3.8) is 0 Å². The van der Waals surface area contributed by atoms with Gasteiger partial charge in [0.2, 0.25) is 5.91 Å². The number of hydrogen-bond acceptors (Lipinski definition) is 2. The molecule has 0 atom stereocenters. The van der Waals surface area contributed by atoms with E-state index in [1.54, 1.807) is 13.8 Å². The summed E-state index contributed by atoms with van der Waals surface area (Å²) in [5, 5.41) is 5.11. The Kier molecular flexibility index (Phi) is 4.34. The van der Waals surface area contributed by atoms with Crippen LogP contribution in [0.15, 0.2) is 12.1 Å². The smallest absolute Gasteiger partial charge is 0.244 e. The van der Waals surface area contributed by atoms with E-state index in [2.05, 4.69) is 10.6 Å². The van der Waals surface area contributed by atoms with Crippen LogP contribution in [0.25, 0.3) is 0 Å². The molecule has 6 heteroatoms. The largest absolute Gasteiger partial charge is 0.322 e. The Bertz CT molecular complexity index is 461. The van der Waals surface area contributed by atoms with Crippen molar-refractivity contribution in [2.24, 2.45) is 0 Å². The fourth-order valence-corrected chi connectivity index (χ4v) is 1.42. The number of anilines is 1. The van der Waals surface area contributed by atoms with Gasteiger partial charge in [-0.05, 0) is 20.4 Å². The van der Waals surface area contributed by atoms with E-state index in [-0.39, 0.29) is 5.69 Å². The van der Waals surface area contributed by atoms with E-state index in [0.29, 0.717) is 18.7 Å². The highest BCUT2D eigenvalue weighted by molar-refractivity contribution is 5.97. The third-order valence-corrected chi connectivity index (χ3v) is 2.44. The molecule has 1 aromatic carbocycles. The monoisotopic (exact) mass is 260 g/mol. The van der Waals surface area contributed by atoms with Gasteiger partial charge in [-0.25, -0.2) is 13.2 Å². The van der Waals surface area contributed by atoms with Crippen LogP contribution in [0.4, 0.5) is 18.9 Å². The number of halogens is 3. The summed E-state index contributed by atoms with van der Waals surface area (Å²) in [6.45, 7) is 5.56. The van der Waals surface area contributed by atoms with Crippen LogP contribution in [0.3, 0.4) is 0 Å². The molecule has 0 aliphatic carbocycles. The summed E-state index contributed by atoms with van der Waals surface area (Å²) in [5.74, 6) is -4.06. The molecule has 0 aromatic heterocycles. The number of carbonyl (C=O) groups is 1. The molecule has 0 bridgehead atoms. The van der Waals surface area contributed by atoms with E-state index >= 15 is 0 Å². The highest BCUT2D eigenvalue weighted by Gasteiger charge is 2.27. The number of carbonyl (C=O) groups excluding carboxylic acids is 1. The molecule has 0 heterocycles. The first-order valence-corrected chi connectivity index (χ1v) is 5.49. The molecule has 0 aliphatic rings. The van der Waals surface area contributed by atoms with Gasteiger partial charge in [-0.1, -0.05) is 6.92 Å². The molecule has 1 aromatic rings. The molecule has 18 heavy (non-hydrogen) atoms. The number of likely N-dealkylation sites (N-methyl/N-ethyl adjacent to an activating group) is 1. The fraction of sp³-hybridized carbons (Fsp3) is 0.417. The minimum Gasteiger partial charge on any atom is -0.322 e. The minimum absolute atomic E-state index is 0.384. The average Bonchev–Trinajstić information content (AvgIpc) is 2.25. The molecule has 1 rings (SSSR count). The Balaban J connectivity index is 2.92. The lowest BCUT2D eigenvalue weighted by Crippen LogP contribution is -2.49. The number of rotatable bonds is 4. The second-order valence-electron chi connectivity index (χ2n) is 4.36. The maximum Gasteiger partial charge on any atom is 0.244 e. The lowest BCUT2D eigenvalue weighted by Gasteiger charge is -2.24. The maximum absolute atomic E-state index is 13.3. The lowest BCUT2D eigenvalue weighted by molar-refractivity contribution is -0.121. The van der Waals surface area contributed by atoms with Crippen molar-refractivity contribution in [1.29, 1.82) is 0 Å². The molecule has 1 amide bonds. The predicted octanol–water partition coefficient (Wildman–Crippen LogP) is 2.43. The lowest BCUT2D eigenvalue weighted by atomic mass is 10.0. The van der Waals surface area contributed by atoms with Gasteiger partial charge in [-0.15, -0.1) is 0 Å². The van der Waals surface area contributed by atoms with Gasteiger partial charge in [0.15, 0.2) is 11.6 Å². The summed E-state index contributed by atoms with van der Waals surface area (Å²) < 4.78 is 39.0. The molecular weight excluding hydrogens is 245 g/mol. The van der Waals surface area contributed by atoms with Gasteiger partial charge in [-0.3, -0.25) is 4.79 Å². The van der Waals surface area contributed by atoms with Crippen molar-refractivity contribution >= 4 is 11.6 Å². The third-order valence-electron chi connectivity index (χ3n) is 2.44. The van der Waals surface area contributed by atoms with Crippen LogP contribution in [0, 0.1) is 17.5 Å². The van der Waals surface area contributed by atoms with Crippen molar-refractivity contribution in [3.05, 3.63) is 29.6 Å². The van der Waals surface area contributed by atoms with E-state index in [4.69, 9.17) is 0 Å². The highest BCUT2D eigenvalue weighted by atomic mass is 19.2. The molecule has 0 radical (unpaired) electrons. The Hall–Kier alpha value is -1.56. The van der Waals surface area contributed by atoms with Crippen LogP contribution in [-0.2, 0) is 4.79 Å². The molecule has 0 saturated heterocycles. The quantitative estimate of drug-likeness (QED) is 0.816. The van der Waals surface area contributed by atoms with Crippen LogP contribution < -0.4 is 10.6 Å². The summed E-state index contributed by atoms with van der Waals surface area (Å²) in [6.07, 6.45) is 0. The van der Waals surface area contributed by atoms with Crippen LogP contribution in [0.1, 0.15) is 20.8 Å². The normalized spacial score (nSPS) is 11.4. The maximum atomic E-state index is 13.3. The predicted molar refractivity (Wildman–Crippen MR) is 62.7 cm³/mol. The van der Waals surface area contributed by atoms with E-state index in [0.717, 1.165) is 0 Å². The summed E-state index contributed by atoms with van der Waals surface area (Å²) in [4.78, 5) is 11.8. The van der Waals surface area contributed by atoms with E-state index in [1.165, 1.54) is 0 Å². The first kappa shape index (κ1) is 14.5. The van der Waals surface area contributed by atoms with E-state index in [9.17, 15) is 18.0 Å². The molecule has 0 unspecified atom stereocenters. The van der Waals surface area contributed by atoms with Crippen molar-refractivity contribution in [1.82, 2.24) is 5.32 Å². The number of nitrogens with one attached hydrogen (secondary N) is 2. The van der Waals surface area contributed by atoms with Gasteiger partial charge in [0, 0.05) is 12.1 Å². The molecule has 0 aliphatic heterocycles. The van der Waals surface area contributed by atoms with Crippen molar-refractivity contribution in [3.8, 4) is 0 Å². The number of benzene rings is 1. The van der Waals surface area contributed by atoms with Gasteiger partial charge < -0.3 is 10.6 Å². The minimum atomic E-state index is -1.29. The van der Waals surface area contributed by atoms with Crippen molar-refractivity contribution < 1.29 is 18.0 Å². The second kappa shape index (κ2) is 5.39. The van der Waals surface area contributed by atoms with Gasteiger partial charge in [0.1, 0.15) is 5.82 Å². The molecule has 0 spiro atoms. The first-order chi connectivity index (χ1) is 8.27. The number of hydrogen-bond donors (Lipinski definition) is 2. The van der Waals surface area contributed by atoms with Crippen molar-refractivity contribution in [2.45, 2.75) is 26.3 Å². The molecule has 2 N–H and O–H groups in total. The van der Waals surface area contributed by atoms with Gasteiger partial charge in [-0.2, -0.15) is 0 Å². The Labute approximate surface area is 103 Å². The highest BCUT2D eigenvalue weighted by Crippen LogP contribution is 2.19. The fourth-order valence-electron chi connectivity index (χ4n) is 1.42. The van der Waals surface area contributed by atoms with Crippen LogP contribution in [0.2, 0.25) is 0 Å². The van der Waals surface area contributed by atoms with Gasteiger partial charge >= 0.3 is 0 Å². The Morgan fingerprint density at radius 2 is 1.72 bits per heavy atom. The van der Waals surface area contributed by atoms with Crippen molar-refractivity contribution in [2.75, 3.05) is 11.9 Å². The van der Waals surface area contributed by atoms with Crippen LogP contribution in [-0.4, -0.2) is 18.0 Å². The molecule has 100 valence electrons. The molecule has 0 fully saturated rings. The summed E-state index contributed by atoms with van der Waals surface area (Å²) in [5.41, 5.74) is -1.32. The van der Waals surface area contributed by atoms with E-state index < -0.39 is 28.9 Å². The zero-order chi connectivity index (χ0) is 13.9. The van der Waals surface area contributed by atoms with Crippen LogP contribution >= 0.6 is 0 Å². The Morgan fingerprint density at radius 3 is 2.28 bits per heavy atom. The third kappa shape index (κ3) is 3.22. The van der Waals surface area contributed by atoms with Gasteiger partial charge in [0.25, 0.3) is 0 Å². The second-order valence-corrected chi connectivity index (χ2v) is 4.36. The summed E-state index contributed by atoms with van der Waals surface area (Å²) in [7, 11) is 0. The summed E-state index contributed by atoms with van der Waals surface area (Å²) in [6, 6.07) is 1.01. The topological polar surface area (TPSA) is 41.1 Å². The first-order valence-electron chi connectivity index (χ1n) is 5.49.